The summed E-state index contributed by atoms with van der Waals surface area (Å²) in [5.74, 6) is 0. The van der Waals surface area contributed by atoms with Crippen LogP contribution in [0.2, 0.25) is 0 Å². The number of hydrogen-bond donors (Lipinski definition) is 0. The molecule has 0 N–H and O–H groups in total. The van der Waals surface area contributed by atoms with Gasteiger partial charge in [-0.3, -0.25) is 0 Å². The zero-order chi connectivity index (χ0) is 6.91. The van der Waals surface area contributed by atoms with Crippen LogP contribution >= 0.6 is 0 Å². The van der Waals surface area contributed by atoms with Crippen LogP contribution in [0.15, 0.2) is 12.2 Å². The summed E-state index contributed by atoms with van der Waals surface area (Å²) >= 11 is 0. The second-order valence-corrected chi connectivity index (χ2v) is 1.72. The molecule has 4 heteroatoms. The normalized spacial score (nSPS) is 27.2. The predicted molar refractivity (Wildman–Crippen MR) is 24.9 cm³/mol. The largest absolute Gasteiger partial charge is 0.418 e. The minimum atomic E-state index is -4.23. The van der Waals surface area contributed by atoms with Gasteiger partial charge in [0.1, 0.15) is 0 Å². The van der Waals surface area contributed by atoms with Crippen LogP contribution in [0.4, 0.5) is 13.2 Å². The van der Waals surface area contributed by atoms with E-state index in [4.69, 9.17) is 0 Å². The average molecular weight is 138 g/mol. The van der Waals surface area contributed by atoms with E-state index in [2.05, 4.69) is 4.74 Å². The average Bonchev–Trinajstić information content (AvgIpc) is 2.08. The van der Waals surface area contributed by atoms with Gasteiger partial charge < -0.3 is 4.74 Å². The van der Waals surface area contributed by atoms with Crippen LogP contribution in [0, 0.1) is 0 Å². The molecule has 1 aliphatic heterocycles. The summed E-state index contributed by atoms with van der Waals surface area (Å²) < 4.78 is 39.0. The number of rotatable bonds is 0. The van der Waals surface area contributed by atoms with Crippen molar-refractivity contribution in [3.05, 3.63) is 12.2 Å². The number of ether oxygens (including phenoxy) is 1. The van der Waals surface area contributed by atoms with Crippen LogP contribution in [0.5, 0.6) is 0 Å². The summed E-state index contributed by atoms with van der Waals surface area (Å²) in [5, 5.41) is 0. The third kappa shape index (κ3) is 1.45. The molecule has 52 valence electrons. The maximum absolute atomic E-state index is 11.6. The highest BCUT2D eigenvalue weighted by Crippen LogP contribution is 2.25. The third-order valence-corrected chi connectivity index (χ3v) is 1.01. The highest BCUT2D eigenvalue weighted by atomic mass is 19.4. The van der Waals surface area contributed by atoms with E-state index in [-0.39, 0.29) is 6.61 Å². The van der Waals surface area contributed by atoms with E-state index >= 15 is 0 Å². The van der Waals surface area contributed by atoms with Crippen molar-refractivity contribution in [2.24, 2.45) is 0 Å². The van der Waals surface area contributed by atoms with Crippen molar-refractivity contribution < 1.29 is 17.9 Å². The molecule has 0 aromatic rings. The Morgan fingerprint density at radius 2 is 2.11 bits per heavy atom. The summed E-state index contributed by atoms with van der Waals surface area (Å²) in [7, 11) is 0. The molecule has 1 nitrogen and oxygen atoms in total. The lowest BCUT2D eigenvalue weighted by molar-refractivity contribution is -0.196. The van der Waals surface area contributed by atoms with Crippen molar-refractivity contribution in [1.29, 1.82) is 0 Å². The van der Waals surface area contributed by atoms with Crippen molar-refractivity contribution in [3.63, 3.8) is 0 Å². The summed E-state index contributed by atoms with van der Waals surface area (Å²) in [6.07, 6.45) is -3.52. The molecule has 0 bridgehead atoms. The van der Waals surface area contributed by atoms with Gasteiger partial charge >= 0.3 is 6.18 Å². The molecule has 0 radical (unpaired) electrons. The van der Waals surface area contributed by atoms with Gasteiger partial charge in [-0.1, -0.05) is 6.08 Å². The number of hydrogen-bond acceptors (Lipinski definition) is 1. The fourth-order valence-electron chi connectivity index (χ4n) is 0.598. The Kier molecular flexibility index (Phi) is 1.48. The first kappa shape index (κ1) is 6.61. The van der Waals surface area contributed by atoms with Crippen LogP contribution in [-0.4, -0.2) is 18.9 Å². The highest BCUT2D eigenvalue weighted by Gasteiger charge is 2.39. The molecule has 1 unspecified atom stereocenters. The lowest BCUT2D eigenvalue weighted by atomic mass is 10.3. The second kappa shape index (κ2) is 2.02. The highest BCUT2D eigenvalue weighted by molar-refractivity contribution is 4.99. The van der Waals surface area contributed by atoms with Gasteiger partial charge in [-0.25, -0.2) is 0 Å². The molecule has 0 amide bonds. The monoisotopic (exact) mass is 138 g/mol. The number of halogens is 3. The van der Waals surface area contributed by atoms with Crippen molar-refractivity contribution in [2.75, 3.05) is 6.61 Å². The van der Waals surface area contributed by atoms with E-state index < -0.39 is 12.3 Å². The molecule has 1 aliphatic rings. The molecule has 0 saturated heterocycles. The summed E-state index contributed by atoms with van der Waals surface area (Å²) in [5.41, 5.74) is 0. The smallest absolute Gasteiger partial charge is 0.361 e. The van der Waals surface area contributed by atoms with E-state index in [0.29, 0.717) is 0 Å². The van der Waals surface area contributed by atoms with Gasteiger partial charge in [0.05, 0.1) is 6.61 Å². The fourth-order valence-corrected chi connectivity index (χ4v) is 0.598. The SMILES string of the molecule is FC(F)(F)C1C=CCO1. The van der Waals surface area contributed by atoms with Crippen molar-refractivity contribution in [1.82, 2.24) is 0 Å². The Balaban J connectivity index is 2.53. The van der Waals surface area contributed by atoms with Gasteiger partial charge in [-0.2, -0.15) is 13.2 Å². The first-order valence-corrected chi connectivity index (χ1v) is 2.45. The van der Waals surface area contributed by atoms with Crippen LogP contribution in [0.1, 0.15) is 0 Å². The Morgan fingerprint density at radius 1 is 1.44 bits per heavy atom. The Labute approximate surface area is 50.1 Å². The zero-order valence-corrected chi connectivity index (χ0v) is 4.48. The minimum absolute atomic E-state index is 0.0736. The Morgan fingerprint density at radius 3 is 2.33 bits per heavy atom. The molecule has 0 spiro atoms. The van der Waals surface area contributed by atoms with Gasteiger partial charge in [0.25, 0.3) is 0 Å². The second-order valence-electron chi connectivity index (χ2n) is 1.72. The molecule has 0 saturated carbocycles. The maximum atomic E-state index is 11.6. The first-order chi connectivity index (χ1) is 4.11. The third-order valence-electron chi connectivity index (χ3n) is 1.01. The van der Waals surface area contributed by atoms with E-state index in [9.17, 15) is 13.2 Å². The van der Waals surface area contributed by atoms with Gasteiger partial charge in [-0.15, -0.1) is 0 Å². The maximum Gasteiger partial charge on any atom is 0.418 e. The standard InChI is InChI=1S/C5H5F3O/c6-5(7,8)4-2-1-3-9-4/h1-2,4H,3H2. The van der Waals surface area contributed by atoms with Crippen LogP contribution in [0.25, 0.3) is 0 Å². The van der Waals surface area contributed by atoms with Gasteiger partial charge in [0.2, 0.25) is 0 Å². The Hall–Kier alpha value is -0.510. The molecule has 0 fully saturated rings. The fraction of sp³-hybridized carbons (Fsp3) is 0.600. The molecular weight excluding hydrogens is 133 g/mol. The van der Waals surface area contributed by atoms with Crippen molar-refractivity contribution >= 4 is 0 Å². The molecule has 0 aromatic carbocycles. The lowest BCUT2D eigenvalue weighted by Crippen LogP contribution is -2.26. The van der Waals surface area contributed by atoms with Crippen LogP contribution < -0.4 is 0 Å². The van der Waals surface area contributed by atoms with E-state index in [1.54, 1.807) is 0 Å². The van der Waals surface area contributed by atoms with Gasteiger partial charge in [0, 0.05) is 0 Å². The van der Waals surface area contributed by atoms with Crippen LogP contribution in [-0.2, 0) is 4.74 Å². The molecular formula is C5H5F3O. The molecule has 1 rings (SSSR count). The minimum Gasteiger partial charge on any atom is -0.361 e. The summed E-state index contributed by atoms with van der Waals surface area (Å²) in [4.78, 5) is 0. The molecule has 1 heterocycles. The van der Waals surface area contributed by atoms with E-state index in [1.165, 1.54) is 6.08 Å². The molecule has 9 heavy (non-hydrogen) atoms. The number of alkyl halides is 3. The first-order valence-electron chi connectivity index (χ1n) is 2.45. The Bertz CT molecular complexity index is 127. The topological polar surface area (TPSA) is 9.23 Å². The molecule has 0 aliphatic carbocycles. The quantitative estimate of drug-likeness (QED) is 0.461. The van der Waals surface area contributed by atoms with Crippen molar-refractivity contribution in [3.8, 4) is 0 Å². The molecule has 1 atom stereocenters. The zero-order valence-electron chi connectivity index (χ0n) is 4.48. The van der Waals surface area contributed by atoms with Gasteiger partial charge in [-0.05, 0) is 6.08 Å². The van der Waals surface area contributed by atoms with Gasteiger partial charge in [0.15, 0.2) is 6.10 Å². The predicted octanol–water partition coefficient (Wildman–Crippen LogP) is 1.50. The molecule has 0 aromatic heterocycles. The summed E-state index contributed by atoms with van der Waals surface area (Å²) in [6, 6.07) is 0. The lowest BCUT2D eigenvalue weighted by Gasteiger charge is -2.11. The van der Waals surface area contributed by atoms with E-state index in [1.807, 2.05) is 0 Å². The van der Waals surface area contributed by atoms with E-state index in [0.717, 1.165) is 6.08 Å². The summed E-state index contributed by atoms with van der Waals surface area (Å²) in [6.45, 7) is 0.0736. The van der Waals surface area contributed by atoms with Crippen LogP contribution in [0.3, 0.4) is 0 Å². The van der Waals surface area contributed by atoms with Crippen molar-refractivity contribution in [2.45, 2.75) is 12.3 Å².